The topological polar surface area (TPSA) is 213 Å². The smallest absolute Gasteiger partial charge is 0.326 e. The number of carbonyl (C=O) groups excluding carboxylic acids is 1. The zero-order valence-corrected chi connectivity index (χ0v) is 26.3. The summed E-state index contributed by atoms with van der Waals surface area (Å²) in [6.07, 6.45) is 0.567. The molecule has 3 atom stereocenters. The predicted molar refractivity (Wildman–Crippen MR) is 165 cm³/mol. The Kier molecular flexibility index (Phi) is 10.2. The first-order valence-corrected chi connectivity index (χ1v) is 17.0. The van der Waals surface area contributed by atoms with Crippen LogP contribution in [-0.4, -0.2) is 67.9 Å². The minimum Gasteiger partial charge on any atom is -0.480 e. The average Bonchev–Trinajstić information content (AvgIpc) is 2.97. The van der Waals surface area contributed by atoms with Crippen LogP contribution in [0.3, 0.4) is 0 Å². The number of anilines is 1. The maximum atomic E-state index is 13.5. The largest absolute Gasteiger partial charge is 0.480 e. The van der Waals surface area contributed by atoms with Gasteiger partial charge in [0.2, 0.25) is 15.9 Å². The van der Waals surface area contributed by atoms with Crippen molar-refractivity contribution in [3.63, 3.8) is 0 Å². The monoisotopic (exact) mass is 678 g/mol. The van der Waals surface area contributed by atoms with Crippen LogP contribution in [0.4, 0.5) is 5.69 Å². The number of halogens is 1. The molecule has 0 aromatic heterocycles. The molecule has 0 spiro atoms. The summed E-state index contributed by atoms with van der Waals surface area (Å²) in [5, 5.41) is 27.4. The van der Waals surface area contributed by atoms with Crippen LogP contribution in [0.5, 0.6) is 0 Å². The molecule has 0 fully saturated rings. The summed E-state index contributed by atoms with van der Waals surface area (Å²) in [4.78, 5) is 37.8. The van der Waals surface area contributed by atoms with Gasteiger partial charge in [0.1, 0.15) is 17.0 Å². The Morgan fingerprint density at radius 2 is 1.69 bits per heavy atom. The minimum atomic E-state index is -4.32. The molecule has 4 rings (SSSR count). The summed E-state index contributed by atoms with van der Waals surface area (Å²) < 4.78 is 52.1. The van der Waals surface area contributed by atoms with Gasteiger partial charge in [-0.25, -0.2) is 26.8 Å². The second-order valence-corrected chi connectivity index (χ2v) is 14.2. The van der Waals surface area contributed by atoms with Crippen molar-refractivity contribution in [1.29, 1.82) is 0 Å². The van der Waals surface area contributed by atoms with Crippen LogP contribution < -0.4 is 15.2 Å². The number of fused-ring (bicyclic) bond motifs is 1. The van der Waals surface area contributed by atoms with Crippen LogP contribution >= 0.6 is 11.6 Å². The molecule has 1 unspecified atom stereocenters. The molecule has 1 aliphatic rings. The molecule has 0 saturated carbocycles. The number of rotatable bonds is 12. The summed E-state index contributed by atoms with van der Waals surface area (Å²) in [6.45, 7) is 1.27. The van der Waals surface area contributed by atoms with Gasteiger partial charge in [-0.05, 0) is 66.8 Å². The van der Waals surface area contributed by atoms with Crippen molar-refractivity contribution in [3.05, 3.63) is 88.4 Å². The maximum Gasteiger partial charge on any atom is 0.326 e. The van der Waals surface area contributed by atoms with Gasteiger partial charge >= 0.3 is 11.9 Å². The highest BCUT2D eigenvalue weighted by Gasteiger charge is 2.37. The number of carbonyl (C=O) groups is 3. The lowest BCUT2D eigenvalue weighted by molar-refractivity contribution is -0.152. The molecule has 6 N–H and O–H groups in total. The molecule has 0 bridgehead atoms. The lowest BCUT2D eigenvalue weighted by Gasteiger charge is -2.36. The molecule has 1 aliphatic heterocycles. The molecule has 1 heterocycles. The van der Waals surface area contributed by atoms with Crippen LogP contribution in [0.2, 0.25) is 5.02 Å². The van der Waals surface area contributed by atoms with Gasteiger partial charge in [-0.1, -0.05) is 48.0 Å². The fraction of sp³-hybridized carbons (Fsp3) is 0.276. The highest BCUT2D eigenvalue weighted by molar-refractivity contribution is 7.93. The number of sulfonamides is 2. The summed E-state index contributed by atoms with van der Waals surface area (Å²) >= 11 is 5.87. The molecular formula is C29H31ClN4O9S2. The molecule has 3 aromatic carbocycles. The number of amides is 1. The van der Waals surface area contributed by atoms with Crippen LogP contribution in [0.25, 0.3) is 0 Å². The molecule has 0 radical (unpaired) electrons. The van der Waals surface area contributed by atoms with E-state index in [1.165, 1.54) is 25.1 Å². The molecule has 240 valence electrons. The fourth-order valence-electron chi connectivity index (χ4n) is 5.04. The maximum absolute atomic E-state index is 13.5. The quantitative estimate of drug-likeness (QED) is 0.188. The number of carboxylic acids is 2. The van der Waals surface area contributed by atoms with E-state index in [0.29, 0.717) is 17.5 Å². The lowest BCUT2D eigenvalue weighted by atomic mass is 9.93. The Hall–Kier alpha value is -4.02. The highest BCUT2D eigenvalue weighted by Crippen LogP contribution is 2.29. The van der Waals surface area contributed by atoms with E-state index in [2.05, 4.69) is 10.0 Å². The number of aliphatic carboxylic acids is 2. The number of nitrogens with one attached hydrogen (secondary N) is 2. The van der Waals surface area contributed by atoms with E-state index in [-0.39, 0.29) is 30.1 Å². The normalized spacial score (nSPS) is 16.3. The first kappa shape index (κ1) is 33.9. The third kappa shape index (κ3) is 8.18. The standard InChI is InChI=1S/C29H31ClN4O9S2/c1-17(32-24(28(36)37)12-7-18-5-3-2-4-6-18)27(35)34-16-20-13-21(9-8-19(20)14-25(34)29(38)39)33-45(42,43)22-10-11-23(30)26(15-22)44(31,40)41/h2-6,8-11,13,15,17,24-25,32-33H,7,12,14,16H2,1H3,(H,36,37)(H,38,39)(H2,31,40,41)/t17-,24-,25?/m0/s1. The van der Waals surface area contributed by atoms with Crippen molar-refractivity contribution in [1.82, 2.24) is 10.2 Å². The number of carboxylic acid groups (broad SMARTS) is 2. The molecule has 1 amide bonds. The van der Waals surface area contributed by atoms with Crippen molar-refractivity contribution in [2.75, 3.05) is 4.72 Å². The van der Waals surface area contributed by atoms with E-state index in [9.17, 15) is 41.4 Å². The lowest BCUT2D eigenvalue weighted by Crippen LogP contribution is -2.56. The van der Waals surface area contributed by atoms with Crippen LogP contribution in [-0.2, 0) is 53.8 Å². The number of nitrogens with two attached hydrogens (primary N) is 1. The van der Waals surface area contributed by atoms with Crippen molar-refractivity contribution < 1.29 is 41.4 Å². The number of benzene rings is 3. The van der Waals surface area contributed by atoms with E-state index in [0.717, 1.165) is 28.7 Å². The second kappa shape index (κ2) is 13.5. The molecule has 3 aromatic rings. The van der Waals surface area contributed by atoms with Crippen molar-refractivity contribution in [2.45, 2.75) is 60.6 Å². The summed E-state index contributed by atoms with van der Waals surface area (Å²) in [7, 11) is -8.63. The third-order valence-corrected chi connectivity index (χ3v) is 10.1. The molecule has 0 saturated heterocycles. The molecule has 0 aliphatic carbocycles. The Balaban J connectivity index is 1.53. The number of hydrogen-bond donors (Lipinski definition) is 5. The average molecular weight is 679 g/mol. The van der Waals surface area contributed by atoms with Crippen LogP contribution in [0.1, 0.15) is 30.0 Å². The summed E-state index contributed by atoms with van der Waals surface area (Å²) in [5.41, 5.74) is 2.04. The summed E-state index contributed by atoms with van der Waals surface area (Å²) in [5.74, 6) is -3.04. The molecule has 45 heavy (non-hydrogen) atoms. The van der Waals surface area contributed by atoms with Gasteiger partial charge in [0.25, 0.3) is 10.0 Å². The Bertz CT molecular complexity index is 1840. The van der Waals surface area contributed by atoms with Crippen molar-refractivity contribution in [2.24, 2.45) is 5.14 Å². The van der Waals surface area contributed by atoms with Crippen molar-refractivity contribution >= 4 is 55.2 Å². The van der Waals surface area contributed by atoms with Gasteiger partial charge < -0.3 is 15.1 Å². The number of hydrogen-bond acceptors (Lipinski definition) is 8. The van der Waals surface area contributed by atoms with E-state index < -0.39 is 65.8 Å². The first-order chi connectivity index (χ1) is 21.1. The van der Waals surface area contributed by atoms with Gasteiger partial charge in [-0.2, -0.15) is 0 Å². The van der Waals surface area contributed by atoms with Crippen LogP contribution in [0, 0.1) is 0 Å². The zero-order valence-electron chi connectivity index (χ0n) is 23.9. The van der Waals surface area contributed by atoms with E-state index in [1.54, 1.807) is 0 Å². The molecule has 16 heteroatoms. The number of nitrogens with zero attached hydrogens (tertiary/aromatic N) is 1. The van der Waals surface area contributed by atoms with E-state index >= 15 is 0 Å². The SMILES string of the molecule is C[C@H](N[C@@H](CCc1ccccc1)C(=O)O)C(=O)N1Cc2cc(NS(=O)(=O)c3ccc(Cl)c(S(N)(=O)=O)c3)ccc2CC1C(=O)O. The minimum absolute atomic E-state index is 0.0680. The van der Waals surface area contributed by atoms with Crippen molar-refractivity contribution in [3.8, 4) is 0 Å². The Morgan fingerprint density at radius 1 is 1.00 bits per heavy atom. The second-order valence-electron chi connectivity index (χ2n) is 10.6. The van der Waals surface area contributed by atoms with Gasteiger partial charge in [0.15, 0.2) is 0 Å². The number of aryl methyl sites for hydroxylation is 1. The molecular weight excluding hydrogens is 648 g/mol. The van der Waals surface area contributed by atoms with Crippen LogP contribution in [0.15, 0.2) is 76.5 Å². The van der Waals surface area contributed by atoms with Gasteiger partial charge in [-0.3, -0.25) is 19.6 Å². The first-order valence-electron chi connectivity index (χ1n) is 13.6. The number of primary sulfonamides is 1. The van der Waals surface area contributed by atoms with Gasteiger partial charge in [0.05, 0.1) is 16.0 Å². The van der Waals surface area contributed by atoms with E-state index in [4.69, 9.17) is 16.7 Å². The van der Waals surface area contributed by atoms with Gasteiger partial charge in [-0.15, -0.1) is 0 Å². The highest BCUT2D eigenvalue weighted by atomic mass is 35.5. The zero-order chi connectivity index (χ0) is 33.1. The van der Waals surface area contributed by atoms with Gasteiger partial charge in [0, 0.05) is 18.7 Å². The van der Waals surface area contributed by atoms with E-state index in [1.807, 2.05) is 30.3 Å². The summed E-state index contributed by atoms with van der Waals surface area (Å²) in [6, 6.07) is 13.3. The molecule has 13 nitrogen and oxygen atoms in total. The third-order valence-electron chi connectivity index (χ3n) is 7.36. The Labute approximate surface area is 265 Å². The Morgan fingerprint density at radius 3 is 2.31 bits per heavy atom. The predicted octanol–water partition coefficient (Wildman–Crippen LogP) is 2.19. The fourth-order valence-corrected chi connectivity index (χ4v) is 7.26.